The van der Waals surface area contributed by atoms with E-state index in [4.69, 9.17) is 4.98 Å². The SMILES string of the molecule is CC(Sc1nc2sc3c(c2c(=O)n1CCCN(C)C)CCCC3)C(=O)NC1CCCC1. The van der Waals surface area contributed by atoms with E-state index in [-0.39, 0.29) is 16.7 Å². The van der Waals surface area contributed by atoms with Crippen LogP contribution in [0.25, 0.3) is 10.2 Å². The van der Waals surface area contributed by atoms with Crippen LogP contribution in [0.1, 0.15) is 62.3 Å². The number of nitrogens with zero attached hydrogens (tertiary/aromatic N) is 3. The van der Waals surface area contributed by atoms with Gasteiger partial charge in [-0.2, -0.15) is 0 Å². The quantitative estimate of drug-likeness (QED) is 0.477. The molecule has 31 heavy (non-hydrogen) atoms. The molecular weight excluding hydrogens is 428 g/mol. The molecule has 2 aromatic rings. The third-order valence-electron chi connectivity index (χ3n) is 6.38. The van der Waals surface area contributed by atoms with Crippen molar-refractivity contribution in [3.8, 4) is 0 Å². The van der Waals surface area contributed by atoms with E-state index in [1.165, 1.54) is 41.5 Å². The third kappa shape index (κ3) is 5.17. The van der Waals surface area contributed by atoms with Crippen LogP contribution in [0, 0.1) is 0 Å². The van der Waals surface area contributed by atoms with Crippen LogP contribution in [-0.4, -0.2) is 52.3 Å². The number of hydrogen-bond donors (Lipinski definition) is 1. The van der Waals surface area contributed by atoms with Gasteiger partial charge < -0.3 is 10.2 Å². The number of carbonyl (C=O) groups excluding carboxylic acids is 1. The zero-order chi connectivity index (χ0) is 22.0. The molecule has 2 heterocycles. The number of aromatic nitrogens is 2. The van der Waals surface area contributed by atoms with Gasteiger partial charge in [0.15, 0.2) is 5.16 Å². The number of rotatable bonds is 8. The van der Waals surface area contributed by atoms with Crippen molar-refractivity contribution in [2.75, 3.05) is 20.6 Å². The van der Waals surface area contributed by atoms with Gasteiger partial charge in [0.2, 0.25) is 5.91 Å². The summed E-state index contributed by atoms with van der Waals surface area (Å²) in [5.74, 6) is 0.0524. The molecule has 0 spiro atoms. The van der Waals surface area contributed by atoms with Crippen molar-refractivity contribution < 1.29 is 4.79 Å². The van der Waals surface area contributed by atoms with Gasteiger partial charge in [0.05, 0.1) is 10.6 Å². The standard InChI is InChI=1S/C23H34N4O2S2/c1-15(20(28)24-16-9-4-5-10-16)30-23-25-21-19(17-11-6-7-12-18(17)31-21)22(29)27(23)14-8-13-26(2)3/h15-16H,4-14H2,1-3H3,(H,24,28). The van der Waals surface area contributed by atoms with Gasteiger partial charge in [0.1, 0.15) is 4.83 Å². The van der Waals surface area contributed by atoms with Crippen molar-refractivity contribution in [3.63, 3.8) is 0 Å². The van der Waals surface area contributed by atoms with Crippen LogP contribution in [0.4, 0.5) is 0 Å². The lowest BCUT2D eigenvalue weighted by molar-refractivity contribution is -0.120. The normalized spacial score (nSPS) is 17.9. The van der Waals surface area contributed by atoms with Crippen molar-refractivity contribution in [1.82, 2.24) is 19.8 Å². The first kappa shape index (κ1) is 22.8. The lowest BCUT2D eigenvalue weighted by atomic mass is 9.97. The number of hydrogen-bond acceptors (Lipinski definition) is 6. The predicted octanol–water partition coefficient (Wildman–Crippen LogP) is 3.83. The number of thioether (sulfide) groups is 1. The Labute approximate surface area is 192 Å². The Bertz CT molecular complexity index is 992. The first-order valence-electron chi connectivity index (χ1n) is 11.6. The van der Waals surface area contributed by atoms with E-state index >= 15 is 0 Å². The van der Waals surface area contributed by atoms with E-state index in [2.05, 4.69) is 10.2 Å². The highest BCUT2D eigenvalue weighted by Gasteiger charge is 2.26. The second-order valence-electron chi connectivity index (χ2n) is 9.15. The lowest BCUT2D eigenvalue weighted by Crippen LogP contribution is -2.38. The van der Waals surface area contributed by atoms with E-state index in [1.54, 1.807) is 11.3 Å². The molecular formula is C23H34N4O2S2. The van der Waals surface area contributed by atoms with Crippen molar-refractivity contribution in [3.05, 3.63) is 20.8 Å². The fourth-order valence-electron chi connectivity index (χ4n) is 4.65. The highest BCUT2D eigenvalue weighted by atomic mass is 32.2. The summed E-state index contributed by atoms with van der Waals surface area (Å²) in [6.45, 7) is 3.47. The monoisotopic (exact) mass is 462 g/mol. The van der Waals surface area contributed by atoms with Gasteiger partial charge in [-0.25, -0.2) is 4.98 Å². The average Bonchev–Trinajstić information content (AvgIpc) is 3.37. The van der Waals surface area contributed by atoms with Crippen molar-refractivity contribution in [1.29, 1.82) is 0 Å². The molecule has 1 N–H and O–H groups in total. The Morgan fingerprint density at radius 3 is 2.74 bits per heavy atom. The molecule has 0 saturated heterocycles. The van der Waals surface area contributed by atoms with Crippen LogP contribution in [0.3, 0.4) is 0 Å². The van der Waals surface area contributed by atoms with Gasteiger partial charge in [0, 0.05) is 17.5 Å². The summed E-state index contributed by atoms with van der Waals surface area (Å²) in [5, 5.41) is 4.43. The third-order valence-corrected chi connectivity index (χ3v) is 8.66. The number of nitrogens with one attached hydrogen (secondary N) is 1. The molecule has 1 fully saturated rings. The molecule has 1 atom stereocenters. The summed E-state index contributed by atoms with van der Waals surface area (Å²) in [6, 6.07) is 0.303. The van der Waals surface area contributed by atoms with E-state index in [1.807, 2.05) is 25.6 Å². The molecule has 1 saturated carbocycles. The Morgan fingerprint density at radius 2 is 2.00 bits per heavy atom. The minimum Gasteiger partial charge on any atom is -0.352 e. The van der Waals surface area contributed by atoms with Crippen LogP contribution in [-0.2, 0) is 24.2 Å². The molecule has 2 aliphatic carbocycles. The lowest BCUT2D eigenvalue weighted by Gasteiger charge is -2.19. The fourth-order valence-corrected chi connectivity index (χ4v) is 6.90. The number of amides is 1. The maximum absolute atomic E-state index is 13.6. The van der Waals surface area contributed by atoms with E-state index in [0.29, 0.717) is 17.7 Å². The van der Waals surface area contributed by atoms with Gasteiger partial charge >= 0.3 is 0 Å². The number of fused-ring (bicyclic) bond motifs is 3. The minimum atomic E-state index is -0.278. The molecule has 0 aliphatic heterocycles. The number of thiophene rings is 1. The van der Waals surface area contributed by atoms with E-state index < -0.39 is 0 Å². The van der Waals surface area contributed by atoms with Gasteiger partial charge in [-0.1, -0.05) is 24.6 Å². The fraction of sp³-hybridized carbons (Fsp3) is 0.696. The van der Waals surface area contributed by atoms with Crippen LogP contribution >= 0.6 is 23.1 Å². The molecule has 2 aliphatic rings. The summed E-state index contributed by atoms with van der Waals surface area (Å²) < 4.78 is 1.83. The molecule has 1 amide bonds. The maximum Gasteiger partial charge on any atom is 0.263 e. The zero-order valence-electron chi connectivity index (χ0n) is 18.9. The molecule has 6 nitrogen and oxygen atoms in total. The minimum absolute atomic E-state index is 0.0524. The summed E-state index contributed by atoms with van der Waals surface area (Å²) in [4.78, 5) is 35.6. The van der Waals surface area contributed by atoms with Gasteiger partial charge in [0.25, 0.3) is 5.56 Å². The van der Waals surface area contributed by atoms with Gasteiger partial charge in [-0.05, 0) is 78.1 Å². The van der Waals surface area contributed by atoms with E-state index in [9.17, 15) is 9.59 Å². The van der Waals surface area contributed by atoms with Crippen LogP contribution < -0.4 is 10.9 Å². The van der Waals surface area contributed by atoms with Crippen molar-refractivity contribution in [2.45, 2.75) is 87.7 Å². The van der Waals surface area contributed by atoms with Crippen molar-refractivity contribution in [2.24, 2.45) is 0 Å². The number of aryl methyl sites for hydroxylation is 2. The van der Waals surface area contributed by atoms with Gasteiger partial charge in [-0.3, -0.25) is 14.2 Å². The smallest absolute Gasteiger partial charge is 0.263 e. The Balaban J connectivity index is 1.63. The summed E-state index contributed by atoms with van der Waals surface area (Å²) >= 11 is 3.11. The molecule has 8 heteroatoms. The molecule has 170 valence electrons. The predicted molar refractivity (Wildman–Crippen MR) is 129 cm³/mol. The van der Waals surface area contributed by atoms with E-state index in [0.717, 1.165) is 55.3 Å². The first-order valence-corrected chi connectivity index (χ1v) is 13.3. The Kier molecular flexibility index (Phi) is 7.39. The summed E-state index contributed by atoms with van der Waals surface area (Å²) in [7, 11) is 4.09. The Hall–Kier alpha value is -1.38. The van der Waals surface area contributed by atoms with Crippen molar-refractivity contribution >= 4 is 39.2 Å². The first-order chi connectivity index (χ1) is 14.9. The highest BCUT2D eigenvalue weighted by Crippen LogP contribution is 2.35. The highest BCUT2D eigenvalue weighted by molar-refractivity contribution is 8.00. The maximum atomic E-state index is 13.6. The second-order valence-corrected chi connectivity index (χ2v) is 11.5. The summed E-state index contributed by atoms with van der Waals surface area (Å²) in [5.41, 5.74) is 1.31. The van der Waals surface area contributed by atoms with Crippen LogP contribution in [0.2, 0.25) is 0 Å². The summed E-state index contributed by atoms with van der Waals surface area (Å²) in [6.07, 6.45) is 9.79. The average molecular weight is 463 g/mol. The molecule has 4 rings (SSSR count). The largest absolute Gasteiger partial charge is 0.352 e. The molecule has 0 aromatic carbocycles. The molecule has 2 aromatic heterocycles. The van der Waals surface area contributed by atoms with Gasteiger partial charge in [-0.15, -0.1) is 11.3 Å². The van der Waals surface area contributed by atoms with Crippen LogP contribution in [0.15, 0.2) is 9.95 Å². The molecule has 0 radical (unpaired) electrons. The number of carbonyl (C=O) groups is 1. The molecule has 1 unspecified atom stereocenters. The molecule has 0 bridgehead atoms. The Morgan fingerprint density at radius 1 is 1.26 bits per heavy atom. The van der Waals surface area contributed by atoms with Crippen LogP contribution in [0.5, 0.6) is 0 Å². The topological polar surface area (TPSA) is 67.2 Å². The second kappa shape index (κ2) is 10.0. The zero-order valence-corrected chi connectivity index (χ0v) is 20.5.